The lowest BCUT2D eigenvalue weighted by atomic mass is 10.1. The van der Waals surface area contributed by atoms with Crippen molar-refractivity contribution in [3.63, 3.8) is 0 Å². The van der Waals surface area contributed by atoms with Crippen LogP contribution in [-0.4, -0.2) is 39.3 Å². The average Bonchev–Trinajstić information content (AvgIpc) is 3.12. The molecule has 0 radical (unpaired) electrons. The highest BCUT2D eigenvalue weighted by molar-refractivity contribution is 14.0. The molecule has 0 aliphatic rings. The van der Waals surface area contributed by atoms with Crippen LogP contribution in [0.2, 0.25) is 0 Å². The fraction of sp³-hybridized carbons (Fsp3) is 0.455. The predicted molar refractivity (Wildman–Crippen MR) is 131 cm³/mol. The van der Waals surface area contributed by atoms with E-state index < -0.39 is 5.97 Å². The second-order valence-electron chi connectivity index (χ2n) is 6.54. The maximum absolute atomic E-state index is 11.7. The molecule has 1 heterocycles. The van der Waals surface area contributed by atoms with Crippen molar-refractivity contribution in [2.24, 2.45) is 4.99 Å². The van der Waals surface area contributed by atoms with Gasteiger partial charge < -0.3 is 29.3 Å². The minimum absolute atomic E-state index is 0. The zero-order valence-electron chi connectivity index (χ0n) is 18.9. The number of furan rings is 1. The largest absolute Gasteiger partial charge is 0.490 e. The van der Waals surface area contributed by atoms with Crippen LogP contribution in [0.3, 0.4) is 0 Å². The number of rotatable bonds is 9. The molecule has 2 rings (SSSR count). The fourth-order valence-corrected chi connectivity index (χ4v) is 2.93. The number of nitrogens with one attached hydrogen (secondary N) is 2. The monoisotopic (exact) mass is 545 g/mol. The molecular formula is C22H32IN3O5. The third kappa shape index (κ3) is 7.34. The van der Waals surface area contributed by atoms with E-state index >= 15 is 0 Å². The first kappa shape index (κ1) is 26.6. The van der Waals surface area contributed by atoms with E-state index in [9.17, 15) is 4.79 Å². The highest BCUT2D eigenvalue weighted by atomic mass is 127. The van der Waals surface area contributed by atoms with Gasteiger partial charge in [0.15, 0.2) is 17.5 Å². The van der Waals surface area contributed by atoms with Crippen molar-refractivity contribution < 1.29 is 23.4 Å². The van der Waals surface area contributed by atoms with Gasteiger partial charge in [0.1, 0.15) is 17.1 Å². The number of aliphatic imine (C=N–C) groups is 1. The maximum Gasteiger partial charge on any atom is 0.341 e. The molecule has 0 bridgehead atoms. The first-order chi connectivity index (χ1) is 14.4. The second kappa shape index (κ2) is 13.1. The normalized spacial score (nSPS) is 11.9. The Kier molecular flexibility index (Phi) is 11.2. The van der Waals surface area contributed by atoms with Crippen LogP contribution in [0.5, 0.6) is 11.5 Å². The van der Waals surface area contributed by atoms with Crippen LogP contribution in [0.15, 0.2) is 33.7 Å². The van der Waals surface area contributed by atoms with Gasteiger partial charge in [-0.3, -0.25) is 4.99 Å². The van der Waals surface area contributed by atoms with Crippen LogP contribution in [0.1, 0.15) is 54.3 Å². The van der Waals surface area contributed by atoms with Crippen LogP contribution < -0.4 is 20.1 Å². The summed E-state index contributed by atoms with van der Waals surface area (Å²) in [6.07, 6.45) is 0. The fourth-order valence-electron chi connectivity index (χ4n) is 2.93. The van der Waals surface area contributed by atoms with Crippen molar-refractivity contribution in [1.82, 2.24) is 10.6 Å². The first-order valence-electron chi connectivity index (χ1n) is 9.97. The molecule has 172 valence electrons. The number of hydrogen-bond acceptors (Lipinski definition) is 6. The van der Waals surface area contributed by atoms with E-state index in [1.165, 1.54) is 7.11 Å². The highest BCUT2D eigenvalue weighted by Gasteiger charge is 2.16. The van der Waals surface area contributed by atoms with Crippen LogP contribution in [0.4, 0.5) is 0 Å². The summed E-state index contributed by atoms with van der Waals surface area (Å²) in [6.45, 7) is 9.16. The molecule has 0 amide bonds. The van der Waals surface area contributed by atoms with E-state index in [4.69, 9.17) is 18.6 Å². The SMILES string of the molecule is CCOc1ccc(C(C)NC(=NC)NCc2cc(C(=O)OC)c(C)o2)cc1OCC.I. The molecule has 1 unspecified atom stereocenters. The maximum atomic E-state index is 11.7. The Labute approximate surface area is 200 Å². The molecule has 2 N–H and O–H groups in total. The Balaban J connectivity index is 0.00000480. The molecule has 0 aliphatic heterocycles. The van der Waals surface area contributed by atoms with Crippen LogP contribution in [-0.2, 0) is 11.3 Å². The number of carbonyl (C=O) groups excluding carboxylic acids is 1. The number of ether oxygens (including phenoxy) is 3. The Hall–Kier alpha value is -2.43. The number of esters is 1. The van der Waals surface area contributed by atoms with Crippen LogP contribution in [0.25, 0.3) is 0 Å². The summed E-state index contributed by atoms with van der Waals surface area (Å²) in [6, 6.07) is 7.52. The summed E-state index contributed by atoms with van der Waals surface area (Å²) < 4.78 is 21.7. The van der Waals surface area contributed by atoms with E-state index in [2.05, 4.69) is 15.6 Å². The quantitative estimate of drug-likeness (QED) is 0.211. The molecule has 31 heavy (non-hydrogen) atoms. The molecule has 2 aromatic rings. The number of carbonyl (C=O) groups is 1. The van der Waals surface area contributed by atoms with Gasteiger partial charge in [0.05, 0.1) is 32.9 Å². The third-order valence-corrected chi connectivity index (χ3v) is 4.45. The number of hydrogen-bond donors (Lipinski definition) is 2. The number of methoxy groups -OCH3 is 1. The minimum atomic E-state index is -0.417. The summed E-state index contributed by atoms with van der Waals surface area (Å²) in [7, 11) is 3.04. The Morgan fingerprint density at radius 2 is 1.84 bits per heavy atom. The molecular weight excluding hydrogens is 513 g/mol. The van der Waals surface area contributed by atoms with Gasteiger partial charge in [0.2, 0.25) is 0 Å². The topological polar surface area (TPSA) is 94.3 Å². The molecule has 1 atom stereocenters. The Morgan fingerprint density at radius 3 is 2.45 bits per heavy atom. The second-order valence-corrected chi connectivity index (χ2v) is 6.54. The van der Waals surface area contributed by atoms with Gasteiger partial charge in [-0.2, -0.15) is 0 Å². The van der Waals surface area contributed by atoms with Gasteiger partial charge in [-0.1, -0.05) is 6.07 Å². The van der Waals surface area contributed by atoms with Crippen molar-refractivity contribution >= 4 is 35.9 Å². The van der Waals surface area contributed by atoms with E-state index in [0.29, 0.717) is 42.8 Å². The van der Waals surface area contributed by atoms with Crippen molar-refractivity contribution in [1.29, 1.82) is 0 Å². The summed E-state index contributed by atoms with van der Waals surface area (Å²) in [5.74, 6) is 2.76. The van der Waals surface area contributed by atoms with E-state index in [1.54, 1.807) is 20.0 Å². The van der Waals surface area contributed by atoms with Crippen molar-refractivity contribution in [3.05, 3.63) is 46.9 Å². The summed E-state index contributed by atoms with van der Waals surface area (Å²) >= 11 is 0. The van der Waals surface area contributed by atoms with Gasteiger partial charge in [-0.15, -0.1) is 24.0 Å². The molecule has 9 heteroatoms. The number of nitrogens with zero attached hydrogens (tertiary/aromatic N) is 1. The van der Waals surface area contributed by atoms with Crippen molar-refractivity contribution in [2.75, 3.05) is 27.4 Å². The number of benzene rings is 1. The van der Waals surface area contributed by atoms with E-state index in [0.717, 1.165) is 17.1 Å². The van der Waals surface area contributed by atoms with Gasteiger partial charge in [-0.25, -0.2) is 4.79 Å². The zero-order valence-corrected chi connectivity index (χ0v) is 21.2. The van der Waals surface area contributed by atoms with E-state index in [-0.39, 0.29) is 30.0 Å². The van der Waals surface area contributed by atoms with E-state index in [1.807, 2.05) is 39.0 Å². The van der Waals surface area contributed by atoms with Gasteiger partial charge in [-0.05, 0) is 51.5 Å². The molecule has 1 aromatic heterocycles. The summed E-state index contributed by atoms with van der Waals surface area (Å²) in [5, 5.41) is 6.53. The lowest BCUT2D eigenvalue weighted by molar-refractivity contribution is 0.0599. The lowest BCUT2D eigenvalue weighted by Crippen LogP contribution is -2.38. The zero-order chi connectivity index (χ0) is 22.1. The molecule has 0 saturated heterocycles. The standard InChI is InChI=1S/C22H31N3O5.HI/c1-7-28-19-10-9-16(11-20(19)29-8-2)14(3)25-22(23-5)24-13-17-12-18(15(4)30-17)21(26)27-6;/h9-12,14H,7-8,13H2,1-6H3,(H2,23,24,25);1H. The Morgan fingerprint density at radius 1 is 1.16 bits per heavy atom. The van der Waals surface area contributed by atoms with Gasteiger partial charge in [0.25, 0.3) is 0 Å². The average molecular weight is 545 g/mol. The lowest BCUT2D eigenvalue weighted by Gasteiger charge is -2.19. The number of halogens is 1. The molecule has 0 spiro atoms. The molecule has 1 aromatic carbocycles. The van der Waals surface area contributed by atoms with Crippen LogP contribution >= 0.6 is 24.0 Å². The minimum Gasteiger partial charge on any atom is -0.490 e. The number of aryl methyl sites for hydroxylation is 1. The number of guanidine groups is 1. The first-order valence-corrected chi connectivity index (χ1v) is 9.97. The molecule has 0 saturated carbocycles. The van der Waals surface area contributed by atoms with Crippen molar-refractivity contribution in [3.8, 4) is 11.5 Å². The summed E-state index contributed by atoms with van der Waals surface area (Å²) in [5.41, 5.74) is 1.45. The van der Waals surface area contributed by atoms with Gasteiger partial charge in [0, 0.05) is 7.05 Å². The summed E-state index contributed by atoms with van der Waals surface area (Å²) in [4.78, 5) is 16.0. The smallest absolute Gasteiger partial charge is 0.341 e. The highest BCUT2D eigenvalue weighted by Crippen LogP contribution is 2.30. The molecule has 0 aliphatic carbocycles. The molecule has 8 nitrogen and oxygen atoms in total. The van der Waals surface area contributed by atoms with Crippen LogP contribution in [0, 0.1) is 6.92 Å². The Bertz CT molecular complexity index is 882. The van der Waals surface area contributed by atoms with Crippen molar-refractivity contribution in [2.45, 2.75) is 40.3 Å². The third-order valence-electron chi connectivity index (χ3n) is 4.45. The van der Waals surface area contributed by atoms with Gasteiger partial charge >= 0.3 is 5.97 Å². The molecule has 0 fully saturated rings. The predicted octanol–water partition coefficient (Wildman–Crippen LogP) is 4.22.